The van der Waals surface area contributed by atoms with Crippen LogP contribution in [0.3, 0.4) is 0 Å². The van der Waals surface area contributed by atoms with E-state index in [9.17, 15) is 8.42 Å². The minimum Gasteiger partial charge on any atom is -0.494 e. The van der Waals surface area contributed by atoms with E-state index in [1.165, 1.54) is 18.4 Å². The van der Waals surface area contributed by atoms with Crippen molar-refractivity contribution in [3.8, 4) is 5.75 Å². The lowest BCUT2D eigenvalue weighted by molar-refractivity contribution is 0.337. The molecule has 0 aromatic heterocycles. The van der Waals surface area contributed by atoms with E-state index in [0.717, 1.165) is 16.9 Å². The predicted octanol–water partition coefficient (Wildman–Crippen LogP) is 1.95. The van der Waals surface area contributed by atoms with Gasteiger partial charge in [-0.25, -0.2) is 12.7 Å². The highest BCUT2D eigenvalue weighted by Gasteiger charge is 2.21. The van der Waals surface area contributed by atoms with Crippen LogP contribution in [0.25, 0.3) is 0 Å². The van der Waals surface area contributed by atoms with Gasteiger partial charge in [0.15, 0.2) is 0 Å². The Labute approximate surface area is 103 Å². The quantitative estimate of drug-likeness (QED) is 0.828. The van der Waals surface area contributed by atoms with Crippen molar-refractivity contribution in [3.63, 3.8) is 0 Å². The summed E-state index contributed by atoms with van der Waals surface area (Å²) >= 11 is 0. The van der Waals surface area contributed by atoms with Gasteiger partial charge < -0.3 is 4.74 Å². The third kappa shape index (κ3) is 2.61. The second kappa shape index (κ2) is 5.06. The van der Waals surface area contributed by atoms with Gasteiger partial charge in [0.2, 0.25) is 10.0 Å². The number of ether oxygens (including phenoxy) is 1. The zero-order valence-electron chi connectivity index (χ0n) is 10.9. The Morgan fingerprint density at radius 2 is 1.76 bits per heavy atom. The van der Waals surface area contributed by atoms with Crippen molar-refractivity contribution in [1.29, 1.82) is 0 Å². The highest BCUT2D eigenvalue weighted by Crippen LogP contribution is 2.28. The molecule has 0 radical (unpaired) electrons. The Balaban J connectivity index is 3.36. The van der Waals surface area contributed by atoms with E-state index in [-0.39, 0.29) is 0 Å². The molecule has 96 valence electrons. The maximum absolute atomic E-state index is 12.1. The van der Waals surface area contributed by atoms with Crippen LogP contribution in [0.4, 0.5) is 0 Å². The third-order valence-electron chi connectivity index (χ3n) is 2.75. The third-order valence-corrected chi connectivity index (χ3v) is 4.71. The molecule has 1 rings (SSSR count). The van der Waals surface area contributed by atoms with Crippen LogP contribution < -0.4 is 4.74 Å². The zero-order valence-corrected chi connectivity index (χ0v) is 11.8. The molecule has 0 heterocycles. The molecule has 0 aliphatic carbocycles. The van der Waals surface area contributed by atoms with E-state index in [4.69, 9.17) is 4.74 Å². The van der Waals surface area contributed by atoms with Crippen LogP contribution in [0.5, 0.6) is 5.75 Å². The lowest BCUT2D eigenvalue weighted by Gasteiger charge is -2.17. The highest BCUT2D eigenvalue weighted by atomic mass is 32.2. The second-order valence-electron chi connectivity index (χ2n) is 4.03. The van der Waals surface area contributed by atoms with Crippen LogP contribution >= 0.6 is 0 Å². The molecule has 1 aromatic carbocycles. The van der Waals surface area contributed by atoms with Crippen LogP contribution in [-0.2, 0) is 10.0 Å². The summed E-state index contributed by atoms with van der Waals surface area (Å²) in [5, 5.41) is 0. The first-order valence-corrected chi connectivity index (χ1v) is 6.92. The first kappa shape index (κ1) is 14.0. The Hall–Kier alpha value is -1.07. The fourth-order valence-corrected chi connectivity index (χ4v) is 2.73. The average Bonchev–Trinajstić information content (AvgIpc) is 2.24. The number of benzene rings is 1. The Morgan fingerprint density at radius 3 is 2.24 bits per heavy atom. The first-order valence-electron chi connectivity index (χ1n) is 5.48. The number of hydrogen-bond donors (Lipinski definition) is 0. The van der Waals surface area contributed by atoms with E-state index >= 15 is 0 Å². The molecule has 1 aromatic rings. The SMILES string of the molecule is CCOc1ccc(S(=O)(=O)N(C)C)c(C)c1C. The topological polar surface area (TPSA) is 46.6 Å². The van der Waals surface area contributed by atoms with Gasteiger partial charge in [0.1, 0.15) is 5.75 Å². The van der Waals surface area contributed by atoms with E-state index in [0.29, 0.717) is 11.5 Å². The van der Waals surface area contributed by atoms with Crippen LogP contribution in [0.1, 0.15) is 18.1 Å². The molecule has 0 amide bonds. The largest absolute Gasteiger partial charge is 0.494 e. The summed E-state index contributed by atoms with van der Waals surface area (Å²) in [4.78, 5) is 0.337. The maximum atomic E-state index is 12.1. The summed E-state index contributed by atoms with van der Waals surface area (Å²) in [6.45, 7) is 6.14. The van der Waals surface area contributed by atoms with Gasteiger partial charge in [0.25, 0.3) is 0 Å². The van der Waals surface area contributed by atoms with Crippen LogP contribution in [-0.4, -0.2) is 33.4 Å². The van der Waals surface area contributed by atoms with Crippen molar-refractivity contribution >= 4 is 10.0 Å². The van der Waals surface area contributed by atoms with Gasteiger partial charge in [0.05, 0.1) is 11.5 Å². The molecule has 0 N–H and O–H groups in total. The molecule has 0 aliphatic rings. The normalized spacial score (nSPS) is 11.9. The maximum Gasteiger partial charge on any atom is 0.242 e. The molecule has 0 fully saturated rings. The van der Waals surface area contributed by atoms with Crippen molar-refractivity contribution in [2.24, 2.45) is 0 Å². The van der Waals surface area contributed by atoms with Crippen LogP contribution in [0.15, 0.2) is 17.0 Å². The number of nitrogens with zero attached hydrogens (tertiary/aromatic N) is 1. The van der Waals surface area contributed by atoms with E-state index in [1.807, 2.05) is 13.8 Å². The molecular weight excluding hydrogens is 238 g/mol. The van der Waals surface area contributed by atoms with Crippen LogP contribution in [0.2, 0.25) is 0 Å². The molecule has 0 aliphatic heterocycles. The molecule has 0 atom stereocenters. The van der Waals surface area contributed by atoms with Gasteiger partial charge in [-0.1, -0.05) is 0 Å². The van der Waals surface area contributed by atoms with Gasteiger partial charge >= 0.3 is 0 Å². The predicted molar refractivity (Wildman–Crippen MR) is 68.0 cm³/mol. The Kier molecular flexibility index (Phi) is 4.16. The van der Waals surface area contributed by atoms with Crippen molar-refractivity contribution in [2.45, 2.75) is 25.7 Å². The summed E-state index contributed by atoms with van der Waals surface area (Å²) in [6.07, 6.45) is 0. The number of sulfonamides is 1. The first-order chi connectivity index (χ1) is 7.82. The van der Waals surface area contributed by atoms with Gasteiger partial charge in [-0.15, -0.1) is 0 Å². The summed E-state index contributed by atoms with van der Waals surface area (Å²) in [5.41, 5.74) is 1.61. The van der Waals surface area contributed by atoms with Gasteiger partial charge in [-0.05, 0) is 44.0 Å². The monoisotopic (exact) mass is 257 g/mol. The molecule has 0 saturated carbocycles. The van der Waals surface area contributed by atoms with E-state index in [2.05, 4.69) is 0 Å². The molecule has 4 nitrogen and oxygen atoms in total. The Bertz CT molecular complexity index is 507. The Morgan fingerprint density at radius 1 is 1.18 bits per heavy atom. The lowest BCUT2D eigenvalue weighted by Crippen LogP contribution is -2.23. The lowest BCUT2D eigenvalue weighted by atomic mass is 10.1. The number of rotatable bonds is 4. The minimum atomic E-state index is -3.38. The van der Waals surface area contributed by atoms with Gasteiger partial charge in [0, 0.05) is 14.1 Å². The van der Waals surface area contributed by atoms with Gasteiger partial charge in [-0.3, -0.25) is 0 Å². The molecule has 5 heteroatoms. The smallest absolute Gasteiger partial charge is 0.242 e. The van der Waals surface area contributed by atoms with E-state index < -0.39 is 10.0 Å². The summed E-state index contributed by atoms with van der Waals surface area (Å²) in [5.74, 6) is 0.739. The summed E-state index contributed by atoms with van der Waals surface area (Å²) in [7, 11) is -0.327. The molecular formula is C12H19NO3S. The molecule has 0 bridgehead atoms. The molecule has 17 heavy (non-hydrogen) atoms. The fraction of sp³-hybridized carbons (Fsp3) is 0.500. The van der Waals surface area contributed by atoms with Crippen molar-refractivity contribution < 1.29 is 13.2 Å². The van der Waals surface area contributed by atoms with Crippen LogP contribution in [0, 0.1) is 13.8 Å². The fourth-order valence-electron chi connectivity index (χ4n) is 1.56. The minimum absolute atomic E-state index is 0.337. The summed E-state index contributed by atoms with van der Waals surface area (Å²) < 4.78 is 30.8. The number of hydrogen-bond acceptors (Lipinski definition) is 3. The molecule has 0 saturated heterocycles. The van der Waals surface area contributed by atoms with Gasteiger partial charge in [-0.2, -0.15) is 0 Å². The highest BCUT2D eigenvalue weighted by molar-refractivity contribution is 7.89. The standard InChI is InChI=1S/C12H19NO3S/c1-6-16-11-7-8-12(10(3)9(11)2)17(14,15)13(4)5/h7-8H,6H2,1-5H3. The molecule has 0 spiro atoms. The molecule has 0 unspecified atom stereocenters. The van der Waals surface area contributed by atoms with Crippen molar-refractivity contribution in [2.75, 3.05) is 20.7 Å². The van der Waals surface area contributed by atoms with Crippen molar-refractivity contribution in [3.05, 3.63) is 23.3 Å². The average molecular weight is 257 g/mol. The van der Waals surface area contributed by atoms with E-state index in [1.54, 1.807) is 19.1 Å². The summed E-state index contributed by atoms with van der Waals surface area (Å²) in [6, 6.07) is 3.31. The zero-order chi connectivity index (χ0) is 13.2. The van der Waals surface area contributed by atoms with Crippen molar-refractivity contribution in [1.82, 2.24) is 4.31 Å². The second-order valence-corrected chi connectivity index (χ2v) is 6.15.